The van der Waals surface area contributed by atoms with Crippen LogP contribution < -0.4 is 0 Å². The smallest absolute Gasteiger partial charge is 0.245 e. The van der Waals surface area contributed by atoms with Gasteiger partial charge in [0.25, 0.3) is 0 Å². The zero-order chi connectivity index (χ0) is 13.1. The van der Waals surface area contributed by atoms with E-state index in [9.17, 15) is 9.59 Å². The molecule has 1 atom stereocenters. The van der Waals surface area contributed by atoms with Crippen LogP contribution in [-0.4, -0.2) is 47.3 Å². The molecule has 2 aliphatic heterocycles. The number of likely N-dealkylation sites (tertiary alicyclic amines) is 2. The van der Waals surface area contributed by atoms with Gasteiger partial charge in [0.1, 0.15) is 6.04 Å². The first-order chi connectivity index (χ1) is 8.63. The van der Waals surface area contributed by atoms with Gasteiger partial charge in [-0.2, -0.15) is 0 Å². The maximum Gasteiger partial charge on any atom is 0.245 e. The Kier molecular flexibility index (Phi) is 4.25. The van der Waals surface area contributed by atoms with Crippen LogP contribution in [0.3, 0.4) is 0 Å². The Hall–Kier alpha value is -1.06. The quantitative estimate of drug-likeness (QED) is 0.749. The number of amides is 2. The van der Waals surface area contributed by atoms with E-state index in [1.165, 1.54) is 0 Å². The first kappa shape index (κ1) is 13.4. The van der Waals surface area contributed by atoms with E-state index >= 15 is 0 Å². The van der Waals surface area contributed by atoms with Gasteiger partial charge in [0.15, 0.2) is 0 Å². The highest BCUT2D eigenvalue weighted by Crippen LogP contribution is 2.23. The Morgan fingerprint density at radius 3 is 2.39 bits per heavy atom. The summed E-state index contributed by atoms with van der Waals surface area (Å²) in [7, 11) is 0. The molecule has 102 valence electrons. The Morgan fingerprint density at radius 2 is 1.78 bits per heavy atom. The number of hydrogen-bond acceptors (Lipinski definition) is 2. The summed E-state index contributed by atoms with van der Waals surface area (Å²) >= 11 is 0. The second-order valence-electron chi connectivity index (χ2n) is 5.61. The van der Waals surface area contributed by atoms with Crippen LogP contribution >= 0.6 is 0 Å². The zero-order valence-corrected chi connectivity index (χ0v) is 11.5. The minimum atomic E-state index is -0.175. The molecule has 0 unspecified atom stereocenters. The van der Waals surface area contributed by atoms with Crippen LogP contribution in [-0.2, 0) is 9.59 Å². The molecular formula is C14H24N2O2. The van der Waals surface area contributed by atoms with E-state index in [-0.39, 0.29) is 17.9 Å². The van der Waals surface area contributed by atoms with Gasteiger partial charge in [0.05, 0.1) is 0 Å². The van der Waals surface area contributed by atoms with Crippen molar-refractivity contribution < 1.29 is 9.59 Å². The van der Waals surface area contributed by atoms with Crippen LogP contribution in [0.5, 0.6) is 0 Å². The number of carbonyl (C=O) groups is 2. The molecule has 2 amide bonds. The van der Waals surface area contributed by atoms with Gasteiger partial charge in [-0.15, -0.1) is 0 Å². The Labute approximate surface area is 109 Å². The average Bonchev–Trinajstić information content (AvgIpc) is 2.87. The molecule has 2 aliphatic rings. The molecule has 18 heavy (non-hydrogen) atoms. The molecule has 4 nitrogen and oxygen atoms in total. The van der Waals surface area contributed by atoms with Crippen LogP contribution in [0, 0.1) is 5.92 Å². The second kappa shape index (κ2) is 5.72. The molecule has 0 bridgehead atoms. The van der Waals surface area contributed by atoms with E-state index in [1.807, 2.05) is 11.8 Å². The monoisotopic (exact) mass is 252 g/mol. The van der Waals surface area contributed by atoms with E-state index in [0.717, 1.165) is 51.2 Å². The van der Waals surface area contributed by atoms with Crippen LogP contribution in [0.1, 0.15) is 46.0 Å². The molecular weight excluding hydrogens is 228 g/mol. The molecule has 0 radical (unpaired) electrons. The first-order valence-corrected chi connectivity index (χ1v) is 7.21. The van der Waals surface area contributed by atoms with Crippen molar-refractivity contribution in [1.29, 1.82) is 0 Å². The third-order valence-electron chi connectivity index (χ3n) is 4.26. The van der Waals surface area contributed by atoms with E-state index in [0.29, 0.717) is 6.42 Å². The lowest BCUT2D eigenvalue weighted by Crippen LogP contribution is -2.49. The molecule has 0 spiro atoms. The number of hydrogen-bond donors (Lipinski definition) is 0. The van der Waals surface area contributed by atoms with E-state index < -0.39 is 0 Å². The van der Waals surface area contributed by atoms with Gasteiger partial charge in [-0.25, -0.2) is 0 Å². The predicted molar refractivity (Wildman–Crippen MR) is 70.0 cm³/mol. The van der Waals surface area contributed by atoms with Crippen molar-refractivity contribution in [3.63, 3.8) is 0 Å². The van der Waals surface area contributed by atoms with Crippen molar-refractivity contribution in [2.75, 3.05) is 19.6 Å². The van der Waals surface area contributed by atoms with Crippen molar-refractivity contribution in [3.8, 4) is 0 Å². The van der Waals surface area contributed by atoms with Gasteiger partial charge in [0.2, 0.25) is 11.8 Å². The topological polar surface area (TPSA) is 40.6 Å². The Morgan fingerprint density at radius 1 is 1.11 bits per heavy atom. The normalized spacial score (nSPS) is 25.6. The van der Waals surface area contributed by atoms with Crippen LogP contribution in [0.4, 0.5) is 0 Å². The number of rotatable bonds is 2. The molecule has 0 aromatic rings. The number of nitrogens with zero attached hydrogens (tertiary/aromatic N) is 2. The van der Waals surface area contributed by atoms with E-state index in [2.05, 4.69) is 6.92 Å². The lowest BCUT2D eigenvalue weighted by Gasteiger charge is -2.34. The fourth-order valence-electron chi connectivity index (χ4n) is 2.96. The summed E-state index contributed by atoms with van der Waals surface area (Å²) in [5.74, 6) is 1.03. The van der Waals surface area contributed by atoms with Crippen molar-refractivity contribution >= 4 is 11.8 Å². The van der Waals surface area contributed by atoms with E-state index in [4.69, 9.17) is 0 Å². The standard InChI is InChI=1S/C14H24N2O2/c1-3-13(17)16-8-4-5-12(16)14(18)15-9-6-11(2)7-10-15/h11-12H,3-10H2,1-2H3/t12-/m0/s1. The summed E-state index contributed by atoms with van der Waals surface area (Å²) in [5.41, 5.74) is 0. The van der Waals surface area contributed by atoms with Gasteiger partial charge in [-0.3, -0.25) is 9.59 Å². The van der Waals surface area contributed by atoms with Gasteiger partial charge >= 0.3 is 0 Å². The molecule has 2 saturated heterocycles. The Bertz CT molecular complexity index is 322. The third-order valence-corrected chi connectivity index (χ3v) is 4.26. The zero-order valence-electron chi connectivity index (χ0n) is 11.5. The summed E-state index contributed by atoms with van der Waals surface area (Å²) < 4.78 is 0. The van der Waals surface area contributed by atoms with Gasteiger partial charge in [-0.1, -0.05) is 13.8 Å². The van der Waals surface area contributed by atoms with Crippen molar-refractivity contribution in [2.45, 2.75) is 52.0 Å². The number of carbonyl (C=O) groups excluding carboxylic acids is 2. The SMILES string of the molecule is CCC(=O)N1CCC[C@H]1C(=O)N1CCC(C)CC1. The molecule has 0 N–H and O–H groups in total. The number of piperidine rings is 1. The summed E-state index contributed by atoms with van der Waals surface area (Å²) in [6.07, 6.45) is 4.50. The Balaban J connectivity index is 1.97. The first-order valence-electron chi connectivity index (χ1n) is 7.21. The maximum absolute atomic E-state index is 12.5. The van der Waals surface area contributed by atoms with Crippen molar-refractivity contribution in [2.24, 2.45) is 5.92 Å². The molecule has 0 aromatic carbocycles. The third kappa shape index (κ3) is 2.68. The highest BCUT2D eigenvalue weighted by molar-refractivity contribution is 5.88. The van der Waals surface area contributed by atoms with E-state index in [1.54, 1.807) is 4.90 Å². The molecule has 0 aliphatic carbocycles. The summed E-state index contributed by atoms with van der Waals surface area (Å²) in [6, 6.07) is -0.175. The van der Waals surface area contributed by atoms with Crippen LogP contribution in [0.25, 0.3) is 0 Å². The molecule has 2 fully saturated rings. The lowest BCUT2D eigenvalue weighted by atomic mass is 9.98. The largest absolute Gasteiger partial charge is 0.341 e. The lowest BCUT2D eigenvalue weighted by molar-refractivity contribution is -0.144. The van der Waals surface area contributed by atoms with Gasteiger partial charge < -0.3 is 9.80 Å². The fraction of sp³-hybridized carbons (Fsp3) is 0.857. The molecule has 4 heteroatoms. The summed E-state index contributed by atoms with van der Waals surface area (Å²) in [5, 5.41) is 0. The van der Waals surface area contributed by atoms with Crippen LogP contribution in [0.15, 0.2) is 0 Å². The maximum atomic E-state index is 12.5. The van der Waals surface area contributed by atoms with Crippen LogP contribution in [0.2, 0.25) is 0 Å². The van der Waals surface area contributed by atoms with Crippen molar-refractivity contribution in [1.82, 2.24) is 9.80 Å². The molecule has 2 heterocycles. The highest BCUT2D eigenvalue weighted by atomic mass is 16.2. The molecule has 0 aromatic heterocycles. The van der Waals surface area contributed by atoms with Crippen molar-refractivity contribution in [3.05, 3.63) is 0 Å². The molecule has 2 rings (SSSR count). The summed E-state index contributed by atoms with van der Waals surface area (Å²) in [6.45, 7) is 6.59. The summed E-state index contributed by atoms with van der Waals surface area (Å²) in [4.78, 5) is 28.0. The fourth-order valence-corrected chi connectivity index (χ4v) is 2.96. The second-order valence-corrected chi connectivity index (χ2v) is 5.61. The predicted octanol–water partition coefficient (Wildman–Crippen LogP) is 1.65. The van der Waals surface area contributed by atoms with Gasteiger partial charge in [0, 0.05) is 26.1 Å². The minimum Gasteiger partial charge on any atom is -0.341 e. The molecule has 0 saturated carbocycles. The van der Waals surface area contributed by atoms with Gasteiger partial charge in [-0.05, 0) is 31.6 Å². The average molecular weight is 252 g/mol. The minimum absolute atomic E-state index is 0.122. The highest BCUT2D eigenvalue weighted by Gasteiger charge is 2.36.